The van der Waals surface area contributed by atoms with Crippen LogP contribution in [0.4, 0.5) is 0 Å². The Labute approximate surface area is 74.3 Å². The van der Waals surface area contributed by atoms with E-state index in [9.17, 15) is 0 Å². The lowest BCUT2D eigenvalue weighted by atomic mass is 10.3. The van der Waals surface area contributed by atoms with Crippen LogP contribution in [-0.2, 0) is 0 Å². The van der Waals surface area contributed by atoms with Crippen molar-refractivity contribution in [3.8, 4) is 0 Å². The lowest BCUT2D eigenvalue weighted by molar-refractivity contribution is 0.315. The average Bonchev–Trinajstić information content (AvgIpc) is 2.61. The first-order valence-corrected chi connectivity index (χ1v) is 4.67. The third-order valence-corrected chi connectivity index (χ3v) is 3.20. The van der Waals surface area contributed by atoms with Gasteiger partial charge >= 0.3 is 0 Å². The predicted molar refractivity (Wildman–Crippen MR) is 46.8 cm³/mol. The van der Waals surface area contributed by atoms with Crippen molar-refractivity contribution in [3.63, 3.8) is 0 Å². The minimum Gasteiger partial charge on any atom is -0.409 e. The van der Waals surface area contributed by atoms with Crippen molar-refractivity contribution in [1.29, 1.82) is 0 Å². The van der Waals surface area contributed by atoms with Gasteiger partial charge in [-0.3, -0.25) is 4.57 Å². The molecule has 0 saturated heterocycles. The van der Waals surface area contributed by atoms with Gasteiger partial charge in [0.25, 0.3) is 0 Å². The molecule has 2 heterocycles. The van der Waals surface area contributed by atoms with Crippen LogP contribution in [0.15, 0.2) is 22.7 Å². The van der Waals surface area contributed by atoms with Crippen molar-refractivity contribution < 1.29 is 5.21 Å². The Hall–Kier alpha value is -0.970. The van der Waals surface area contributed by atoms with Crippen molar-refractivity contribution in [1.82, 2.24) is 9.55 Å². The third kappa shape index (κ3) is 0.929. The molecule has 0 aromatic carbocycles. The van der Waals surface area contributed by atoms with E-state index in [1.165, 1.54) is 0 Å². The van der Waals surface area contributed by atoms with Crippen molar-refractivity contribution in [3.05, 3.63) is 12.4 Å². The van der Waals surface area contributed by atoms with Crippen molar-refractivity contribution >= 4 is 17.6 Å². The highest BCUT2D eigenvalue weighted by Crippen LogP contribution is 2.32. The summed E-state index contributed by atoms with van der Waals surface area (Å²) in [7, 11) is 0. The highest BCUT2D eigenvalue weighted by atomic mass is 32.2. The topological polar surface area (TPSA) is 50.4 Å². The molecule has 1 unspecified atom stereocenters. The Morgan fingerprint density at radius 2 is 2.67 bits per heavy atom. The number of aromatic nitrogens is 2. The summed E-state index contributed by atoms with van der Waals surface area (Å²) in [6.07, 6.45) is 4.47. The van der Waals surface area contributed by atoms with Gasteiger partial charge in [-0.05, 0) is 6.42 Å². The molecular formula is C7H9N3OS. The van der Waals surface area contributed by atoms with E-state index >= 15 is 0 Å². The zero-order valence-corrected chi connectivity index (χ0v) is 7.45. The zero-order chi connectivity index (χ0) is 8.55. The van der Waals surface area contributed by atoms with Gasteiger partial charge in [-0.15, -0.1) is 0 Å². The second-order valence-electron chi connectivity index (χ2n) is 2.55. The fourth-order valence-electron chi connectivity index (χ4n) is 1.26. The number of hydrogen-bond acceptors (Lipinski definition) is 4. The summed E-state index contributed by atoms with van der Waals surface area (Å²) >= 11 is 1.64. The Bertz CT molecular complexity index is 320. The zero-order valence-electron chi connectivity index (χ0n) is 6.64. The van der Waals surface area contributed by atoms with E-state index in [1.54, 1.807) is 18.0 Å². The number of oxime groups is 1. The summed E-state index contributed by atoms with van der Waals surface area (Å²) < 4.78 is 1.82. The van der Waals surface area contributed by atoms with Gasteiger partial charge in [-0.25, -0.2) is 4.98 Å². The number of thioether (sulfide) groups is 1. The Kier molecular flexibility index (Phi) is 1.80. The molecule has 0 amide bonds. The van der Waals surface area contributed by atoms with Crippen molar-refractivity contribution in [2.24, 2.45) is 5.16 Å². The van der Waals surface area contributed by atoms with Crippen LogP contribution in [0, 0.1) is 0 Å². The highest BCUT2D eigenvalue weighted by Gasteiger charge is 2.28. The van der Waals surface area contributed by atoms with E-state index in [0.717, 1.165) is 11.6 Å². The minimum atomic E-state index is 0.249. The first-order valence-electron chi connectivity index (χ1n) is 3.79. The summed E-state index contributed by atoms with van der Waals surface area (Å²) in [5.41, 5.74) is 0. The molecule has 0 bridgehead atoms. The van der Waals surface area contributed by atoms with Crippen LogP contribution >= 0.6 is 11.8 Å². The fraction of sp³-hybridized carbons (Fsp3) is 0.429. The lowest BCUT2D eigenvalue weighted by Gasteiger charge is -2.03. The van der Waals surface area contributed by atoms with Gasteiger partial charge in [0.1, 0.15) is 0 Å². The van der Waals surface area contributed by atoms with E-state index in [-0.39, 0.29) is 5.25 Å². The molecule has 0 saturated carbocycles. The molecule has 12 heavy (non-hydrogen) atoms. The molecular weight excluding hydrogens is 174 g/mol. The van der Waals surface area contributed by atoms with Crippen LogP contribution in [-0.4, -0.2) is 25.8 Å². The number of nitrogens with zero attached hydrogens (tertiary/aromatic N) is 3. The molecule has 2 rings (SSSR count). The van der Waals surface area contributed by atoms with Crippen LogP contribution in [0.1, 0.15) is 13.3 Å². The second kappa shape index (κ2) is 2.82. The van der Waals surface area contributed by atoms with E-state index in [2.05, 4.69) is 17.1 Å². The quantitative estimate of drug-likeness (QED) is 0.529. The highest BCUT2D eigenvalue weighted by molar-refractivity contribution is 8.00. The molecule has 1 aromatic heterocycles. The van der Waals surface area contributed by atoms with Crippen LogP contribution in [0.25, 0.3) is 0 Å². The summed E-state index contributed by atoms with van der Waals surface area (Å²) in [6.45, 7) is 2.06. The monoisotopic (exact) mass is 183 g/mol. The molecule has 0 radical (unpaired) electrons. The molecule has 5 heteroatoms. The summed E-state index contributed by atoms with van der Waals surface area (Å²) in [5, 5.41) is 13.2. The van der Waals surface area contributed by atoms with Crippen LogP contribution in [0.3, 0.4) is 0 Å². The van der Waals surface area contributed by atoms with E-state index < -0.39 is 0 Å². The molecule has 0 spiro atoms. The second-order valence-corrected chi connectivity index (χ2v) is 3.72. The molecule has 1 aromatic rings. The van der Waals surface area contributed by atoms with Gasteiger partial charge in [0.2, 0.25) is 0 Å². The maximum atomic E-state index is 8.76. The number of fused-ring (bicyclic) bond motifs is 1. The van der Waals surface area contributed by atoms with Gasteiger partial charge in [-0.1, -0.05) is 23.8 Å². The maximum Gasteiger partial charge on any atom is 0.174 e. The van der Waals surface area contributed by atoms with Crippen LogP contribution in [0.5, 0.6) is 0 Å². The van der Waals surface area contributed by atoms with Gasteiger partial charge in [-0.2, -0.15) is 0 Å². The molecule has 0 aliphatic carbocycles. The van der Waals surface area contributed by atoms with E-state index in [4.69, 9.17) is 5.21 Å². The maximum absolute atomic E-state index is 8.76. The SMILES string of the molecule is CCC1Sc2nccn2C1=NO. The van der Waals surface area contributed by atoms with Crippen molar-refractivity contribution in [2.45, 2.75) is 23.8 Å². The van der Waals surface area contributed by atoms with E-state index in [0.29, 0.717) is 5.84 Å². The summed E-state index contributed by atoms with van der Waals surface area (Å²) in [6, 6.07) is 0. The number of imidazole rings is 1. The lowest BCUT2D eigenvalue weighted by Crippen LogP contribution is -2.17. The van der Waals surface area contributed by atoms with Crippen LogP contribution in [0.2, 0.25) is 0 Å². The van der Waals surface area contributed by atoms with Gasteiger partial charge in [0.15, 0.2) is 11.0 Å². The molecule has 1 N–H and O–H groups in total. The fourth-order valence-corrected chi connectivity index (χ4v) is 2.34. The predicted octanol–water partition coefficient (Wildman–Crippen LogP) is 1.40. The molecule has 1 aliphatic rings. The summed E-state index contributed by atoms with van der Waals surface area (Å²) in [4.78, 5) is 4.13. The molecule has 64 valence electrons. The normalized spacial score (nSPS) is 24.8. The largest absolute Gasteiger partial charge is 0.409 e. The first-order chi connectivity index (χ1) is 5.86. The number of rotatable bonds is 1. The van der Waals surface area contributed by atoms with Crippen LogP contribution < -0.4 is 0 Å². The van der Waals surface area contributed by atoms with E-state index in [1.807, 2.05) is 10.8 Å². The van der Waals surface area contributed by atoms with Gasteiger partial charge in [0.05, 0.1) is 5.25 Å². The minimum absolute atomic E-state index is 0.249. The Balaban J connectivity index is 2.41. The molecule has 1 aliphatic heterocycles. The van der Waals surface area contributed by atoms with Gasteiger partial charge < -0.3 is 5.21 Å². The molecule has 0 fully saturated rings. The standard InChI is InChI=1S/C7H9N3OS/c1-2-5-6(9-11)10-4-3-8-7(10)12-5/h3-5,11H,2H2,1H3. The smallest absolute Gasteiger partial charge is 0.174 e. The average molecular weight is 183 g/mol. The Morgan fingerprint density at radius 1 is 1.83 bits per heavy atom. The molecule has 4 nitrogen and oxygen atoms in total. The molecule has 1 atom stereocenters. The summed E-state index contributed by atoms with van der Waals surface area (Å²) in [5.74, 6) is 0.690. The first kappa shape index (κ1) is 7.67. The van der Waals surface area contributed by atoms with Crippen molar-refractivity contribution in [2.75, 3.05) is 0 Å². The Morgan fingerprint density at radius 3 is 3.33 bits per heavy atom. The van der Waals surface area contributed by atoms with Gasteiger partial charge in [0, 0.05) is 12.4 Å². The third-order valence-electron chi connectivity index (χ3n) is 1.86. The number of hydrogen-bond donors (Lipinski definition) is 1.